The van der Waals surface area contributed by atoms with Crippen molar-refractivity contribution in [2.45, 2.75) is 13.3 Å². The molecule has 2 aromatic rings. The molecule has 1 unspecified atom stereocenters. The maximum atomic E-state index is 12.3. The lowest BCUT2D eigenvalue weighted by Crippen LogP contribution is -2.27. The van der Waals surface area contributed by atoms with E-state index in [0.717, 1.165) is 17.1 Å². The summed E-state index contributed by atoms with van der Waals surface area (Å²) in [6, 6.07) is 10.3. The highest BCUT2D eigenvalue weighted by Crippen LogP contribution is 2.28. The quantitative estimate of drug-likeness (QED) is 0.518. The number of esters is 1. The predicted octanol–water partition coefficient (Wildman–Crippen LogP) is 3.58. The number of amides is 1. The largest absolute Gasteiger partial charge is 0.494 e. The number of carbonyl (C=O) groups is 3. The molecule has 2 heterocycles. The molecule has 1 atom stereocenters. The first-order valence-electron chi connectivity index (χ1n) is 8.46. The Kier molecular flexibility index (Phi) is 6.13. The Bertz CT molecular complexity index is 848. The highest BCUT2D eigenvalue weighted by molar-refractivity contribution is 7.18. The zero-order chi connectivity index (χ0) is 19.4. The number of ether oxygens (including phenoxy) is 2. The van der Waals surface area contributed by atoms with E-state index in [1.165, 1.54) is 0 Å². The predicted molar refractivity (Wildman–Crippen MR) is 103 cm³/mol. The number of ketones is 1. The zero-order valence-corrected chi connectivity index (χ0v) is 16.2. The monoisotopic (exact) mass is 407 g/mol. The van der Waals surface area contributed by atoms with Gasteiger partial charge in [-0.15, -0.1) is 11.3 Å². The van der Waals surface area contributed by atoms with Crippen LogP contribution in [-0.4, -0.2) is 37.4 Å². The molecule has 1 aromatic carbocycles. The van der Waals surface area contributed by atoms with Crippen molar-refractivity contribution in [2.75, 3.05) is 24.7 Å². The van der Waals surface area contributed by atoms with Crippen molar-refractivity contribution in [1.29, 1.82) is 0 Å². The third-order valence-corrected chi connectivity index (χ3v) is 5.38. The minimum atomic E-state index is -0.594. The van der Waals surface area contributed by atoms with E-state index in [-0.39, 0.29) is 31.3 Å². The summed E-state index contributed by atoms with van der Waals surface area (Å²) in [5.41, 5.74) is 0.697. The fourth-order valence-electron chi connectivity index (χ4n) is 2.79. The van der Waals surface area contributed by atoms with Crippen molar-refractivity contribution in [3.05, 3.63) is 45.6 Å². The van der Waals surface area contributed by atoms with Crippen LogP contribution in [0.25, 0.3) is 0 Å². The summed E-state index contributed by atoms with van der Waals surface area (Å²) >= 11 is 6.93. The third kappa shape index (κ3) is 4.67. The van der Waals surface area contributed by atoms with E-state index in [1.54, 1.807) is 41.3 Å². The molecule has 1 aromatic heterocycles. The van der Waals surface area contributed by atoms with Crippen LogP contribution in [0.1, 0.15) is 23.0 Å². The van der Waals surface area contributed by atoms with Gasteiger partial charge in [-0.25, -0.2) is 0 Å². The first kappa shape index (κ1) is 19.4. The normalized spacial score (nSPS) is 16.4. The van der Waals surface area contributed by atoms with Gasteiger partial charge in [0.15, 0.2) is 6.61 Å². The highest BCUT2D eigenvalue weighted by atomic mass is 35.5. The molecule has 3 rings (SSSR count). The van der Waals surface area contributed by atoms with E-state index >= 15 is 0 Å². The first-order valence-corrected chi connectivity index (χ1v) is 9.65. The van der Waals surface area contributed by atoms with Crippen LogP contribution in [-0.2, 0) is 14.3 Å². The molecule has 0 spiro atoms. The number of nitrogens with zero attached hydrogens (tertiary/aromatic N) is 1. The van der Waals surface area contributed by atoms with Gasteiger partial charge in [-0.2, -0.15) is 0 Å². The number of benzene rings is 1. The molecule has 8 heteroatoms. The van der Waals surface area contributed by atoms with Crippen LogP contribution in [0, 0.1) is 5.92 Å². The van der Waals surface area contributed by atoms with E-state index in [9.17, 15) is 14.4 Å². The van der Waals surface area contributed by atoms with E-state index in [1.807, 2.05) is 6.92 Å². The molecule has 0 radical (unpaired) electrons. The van der Waals surface area contributed by atoms with Gasteiger partial charge in [-0.3, -0.25) is 14.4 Å². The lowest BCUT2D eigenvalue weighted by Gasteiger charge is -2.17. The minimum Gasteiger partial charge on any atom is -0.494 e. The summed E-state index contributed by atoms with van der Waals surface area (Å²) in [6.45, 7) is 2.33. The summed E-state index contributed by atoms with van der Waals surface area (Å²) < 4.78 is 11.0. The number of anilines is 1. The maximum Gasteiger partial charge on any atom is 0.311 e. The summed E-state index contributed by atoms with van der Waals surface area (Å²) in [5.74, 6) is -0.891. The first-order chi connectivity index (χ1) is 13.0. The van der Waals surface area contributed by atoms with Crippen molar-refractivity contribution in [3.63, 3.8) is 0 Å². The molecule has 0 saturated carbocycles. The minimum absolute atomic E-state index is 0.0606. The Morgan fingerprint density at radius 1 is 1.22 bits per heavy atom. The molecule has 0 aliphatic carbocycles. The van der Waals surface area contributed by atoms with E-state index < -0.39 is 11.9 Å². The smallest absolute Gasteiger partial charge is 0.311 e. The van der Waals surface area contributed by atoms with Crippen LogP contribution in [0.3, 0.4) is 0 Å². The van der Waals surface area contributed by atoms with Gasteiger partial charge in [0.2, 0.25) is 11.7 Å². The van der Waals surface area contributed by atoms with Crippen LogP contribution in [0.15, 0.2) is 36.4 Å². The zero-order valence-electron chi connectivity index (χ0n) is 14.6. The Balaban J connectivity index is 1.56. The molecule has 142 valence electrons. The van der Waals surface area contributed by atoms with Gasteiger partial charge in [0, 0.05) is 18.7 Å². The fourth-order valence-corrected chi connectivity index (χ4v) is 3.76. The second kappa shape index (κ2) is 8.54. The van der Waals surface area contributed by atoms with Gasteiger partial charge >= 0.3 is 5.97 Å². The van der Waals surface area contributed by atoms with Gasteiger partial charge in [0.1, 0.15) is 5.75 Å². The second-order valence-electron chi connectivity index (χ2n) is 5.97. The number of thiophene rings is 1. The molecule has 1 amide bonds. The Morgan fingerprint density at radius 2 is 1.96 bits per heavy atom. The van der Waals surface area contributed by atoms with Crippen molar-refractivity contribution in [2.24, 2.45) is 5.92 Å². The third-order valence-electron chi connectivity index (χ3n) is 4.11. The molecular weight excluding hydrogens is 390 g/mol. The number of hydrogen-bond donors (Lipinski definition) is 0. The molecule has 1 aliphatic heterocycles. The van der Waals surface area contributed by atoms with E-state index in [2.05, 4.69) is 0 Å². The SMILES string of the molecule is CCOc1ccc(N2CC(C(=O)OCC(=O)c3ccc(Cl)s3)CC2=O)cc1. The molecule has 0 N–H and O–H groups in total. The summed E-state index contributed by atoms with van der Waals surface area (Å²) in [6.07, 6.45) is 0.0606. The van der Waals surface area contributed by atoms with Crippen molar-refractivity contribution in [3.8, 4) is 5.75 Å². The average Bonchev–Trinajstić information content (AvgIpc) is 3.26. The lowest BCUT2D eigenvalue weighted by molar-refractivity contribution is -0.147. The second-order valence-corrected chi connectivity index (χ2v) is 7.68. The summed E-state index contributed by atoms with van der Waals surface area (Å²) in [7, 11) is 0. The van der Waals surface area contributed by atoms with Crippen LogP contribution in [0.5, 0.6) is 5.75 Å². The van der Waals surface area contributed by atoms with Crippen LogP contribution >= 0.6 is 22.9 Å². The summed E-state index contributed by atoms with van der Waals surface area (Å²) in [4.78, 5) is 38.5. The van der Waals surface area contributed by atoms with Crippen molar-refractivity contribution < 1.29 is 23.9 Å². The molecule has 1 fully saturated rings. The lowest BCUT2D eigenvalue weighted by atomic mass is 10.1. The summed E-state index contributed by atoms with van der Waals surface area (Å²) in [5, 5.41) is 0. The Morgan fingerprint density at radius 3 is 2.59 bits per heavy atom. The molecule has 6 nitrogen and oxygen atoms in total. The van der Waals surface area contributed by atoms with Gasteiger partial charge in [-0.1, -0.05) is 11.6 Å². The molecule has 0 bridgehead atoms. The van der Waals surface area contributed by atoms with Crippen molar-refractivity contribution >= 4 is 46.3 Å². The van der Waals surface area contributed by atoms with Crippen LogP contribution in [0.2, 0.25) is 4.34 Å². The van der Waals surface area contributed by atoms with E-state index in [0.29, 0.717) is 21.5 Å². The van der Waals surface area contributed by atoms with Crippen LogP contribution < -0.4 is 9.64 Å². The number of hydrogen-bond acceptors (Lipinski definition) is 6. The Labute approximate surface area is 165 Å². The van der Waals surface area contributed by atoms with Gasteiger partial charge < -0.3 is 14.4 Å². The Hall–Kier alpha value is -2.38. The van der Waals surface area contributed by atoms with Gasteiger partial charge in [0.25, 0.3) is 0 Å². The standard InChI is InChI=1S/C19H18ClNO5S/c1-2-25-14-5-3-13(4-6-14)21-10-12(9-18(21)23)19(24)26-11-15(22)16-7-8-17(20)27-16/h3-8,12H,2,9-11H2,1H3. The number of Topliss-reactive ketones (excluding diaryl/α,β-unsaturated/α-hetero) is 1. The average molecular weight is 408 g/mol. The van der Waals surface area contributed by atoms with E-state index in [4.69, 9.17) is 21.1 Å². The van der Waals surface area contributed by atoms with Gasteiger partial charge in [0.05, 0.1) is 21.7 Å². The van der Waals surface area contributed by atoms with Gasteiger partial charge in [-0.05, 0) is 43.3 Å². The van der Waals surface area contributed by atoms with Crippen molar-refractivity contribution in [1.82, 2.24) is 0 Å². The fraction of sp³-hybridized carbons (Fsp3) is 0.316. The maximum absolute atomic E-state index is 12.3. The number of rotatable bonds is 7. The molecule has 27 heavy (non-hydrogen) atoms. The number of carbonyl (C=O) groups excluding carboxylic acids is 3. The topological polar surface area (TPSA) is 72.9 Å². The highest BCUT2D eigenvalue weighted by Gasteiger charge is 2.36. The molecule has 1 aliphatic rings. The number of halogens is 1. The molecule has 1 saturated heterocycles. The molecular formula is C19H18ClNO5S. The van der Waals surface area contributed by atoms with Crippen LogP contribution in [0.4, 0.5) is 5.69 Å².